The molecule has 1 aliphatic heterocycles. The highest BCUT2D eigenvalue weighted by molar-refractivity contribution is 5.44. The highest BCUT2D eigenvalue weighted by atomic mass is 19.4. The van der Waals surface area contributed by atoms with Crippen LogP contribution < -0.4 is 5.32 Å². The molecule has 10 heteroatoms. The van der Waals surface area contributed by atoms with Gasteiger partial charge in [-0.2, -0.15) is 17.7 Å². The van der Waals surface area contributed by atoms with E-state index in [1.54, 1.807) is 6.07 Å². The van der Waals surface area contributed by atoms with Crippen LogP contribution in [-0.2, 0) is 17.5 Å². The van der Waals surface area contributed by atoms with Gasteiger partial charge in [0, 0.05) is 26.2 Å². The first-order valence-electron chi connectivity index (χ1n) is 8.90. The number of benzene rings is 1. The van der Waals surface area contributed by atoms with Crippen molar-refractivity contribution in [2.75, 3.05) is 31.6 Å². The average Bonchev–Trinajstić information content (AvgIpc) is 3.11. The Morgan fingerprint density at radius 3 is 2.71 bits per heavy atom. The minimum atomic E-state index is -4.62. The third kappa shape index (κ3) is 4.23. The zero-order chi connectivity index (χ0) is 19.6. The maximum absolute atomic E-state index is 13.0. The summed E-state index contributed by atoms with van der Waals surface area (Å²) in [6, 6.07) is 13.2. The summed E-state index contributed by atoms with van der Waals surface area (Å²) in [5.41, 5.74) is 1.27. The maximum Gasteiger partial charge on any atom is 0.453 e. The van der Waals surface area contributed by atoms with Crippen LogP contribution in [0.5, 0.6) is 0 Å². The minimum absolute atomic E-state index is 0.0424. The van der Waals surface area contributed by atoms with E-state index in [1.807, 2.05) is 18.2 Å². The smallest absolute Gasteiger partial charge is 0.374 e. The molecule has 0 radical (unpaired) electrons. The zero-order valence-electron chi connectivity index (χ0n) is 14.9. The van der Waals surface area contributed by atoms with Crippen LogP contribution in [0.15, 0.2) is 42.5 Å². The Bertz CT molecular complexity index is 930. The number of hydrogen-bond acceptors (Lipinski definition) is 6. The Hall–Kier alpha value is -2.72. The Morgan fingerprint density at radius 2 is 1.93 bits per heavy atom. The van der Waals surface area contributed by atoms with Gasteiger partial charge >= 0.3 is 6.18 Å². The van der Waals surface area contributed by atoms with Gasteiger partial charge in [-0.25, -0.2) is 0 Å². The van der Waals surface area contributed by atoms with Gasteiger partial charge in [0.1, 0.15) is 5.82 Å². The van der Waals surface area contributed by atoms with E-state index in [4.69, 9.17) is 4.74 Å². The van der Waals surface area contributed by atoms with Gasteiger partial charge in [0.05, 0.1) is 12.7 Å². The summed E-state index contributed by atoms with van der Waals surface area (Å²) in [6.07, 6.45) is -4.70. The van der Waals surface area contributed by atoms with Crippen molar-refractivity contribution in [2.24, 2.45) is 0 Å². The molecule has 2 aromatic heterocycles. The fourth-order valence-corrected chi connectivity index (χ4v) is 3.17. The van der Waals surface area contributed by atoms with E-state index in [1.165, 1.54) is 11.6 Å². The maximum atomic E-state index is 13.0. The molecular weight excluding hydrogens is 373 g/mol. The van der Waals surface area contributed by atoms with E-state index in [2.05, 4.69) is 37.6 Å². The number of morpholine rings is 1. The molecule has 1 aliphatic rings. The van der Waals surface area contributed by atoms with E-state index in [-0.39, 0.29) is 11.8 Å². The van der Waals surface area contributed by atoms with Gasteiger partial charge in [0.25, 0.3) is 5.82 Å². The summed E-state index contributed by atoms with van der Waals surface area (Å²) >= 11 is 0. The third-order valence-corrected chi connectivity index (χ3v) is 4.50. The predicted molar refractivity (Wildman–Crippen MR) is 95.7 cm³/mol. The number of anilines is 1. The number of nitrogens with one attached hydrogen (secondary N) is 1. The van der Waals surface area contributed by atoms with Gasteiger partial charge in [-0.3, -0.25) is 4.90 Å². The van der Waals surface area contributed by atoms with Crippen molar-refractivity contribution in [3.8, 4) is 0 Å². The van der Waals surface area contributed by atoms with Crippen LogP contribution in [0.1, 0.15) is 11.4 Å². The number of hydrogen-bond donors (Lipinski definition) is 1. The van der Waals surface area contributed by atoms with E-state index >= 15 is 0 Å². The van der Waals surface area contributed by atoms with E-state index in [0.717, 1.165) is 19.6 Å². The molecule has 1 atom stereocenters. The van der Waals surface area contributed by atoms with Crippen LogP contribution in [-0.4, -0.2) is 57.1 Å². The van der Waals surface area contributed by atoms with Crippen LogP contribution in [0.2, 0.25) is 0 Å². The molecule has 1 aromatic carbocycles. The second kappa shape index (κ2) is 7.72. The second-order valence-electron chi connectivity index (χ2n) is 6.60. The number of alkyl halides is 3. The second-order valence-corrected chi connectivity index (χ2v) is 6.60. The first-order valence-corrected chi connectivity index (χ1v) is 8.90. The Morgan fingerprint density at radius 1 is 1.11 bits per heavy atom. The molecule has 0 spiro atoms. The lowest BCUT2D eigenvalue weighted by Crippen LogP contribution is -2.44. The number of fused-ring (bicyclic) bond motifs is 1. The molecule has 4 rings (SSSR count). The largest absolute Gasteiger partial charge is 0.453 e. The lowest BCUT2D eigenvalue weighted by Gasteiger charge is -2.33. The monoisotopic (exact) mass is 392 g/mol. The molecule has 148 valence electrons. The van der Waals surface area contributed by atoms with Gasteiger partial charge in [-0.05, 0) is 17.7 Å². The number of aromatic nitrogens is 4. The Labute approximate surface area is 159 Å². The lowest BCUT2D eigenvalue weighted by molar-refractivity contribution is -0.146. The molecule has 1 saturated heterocycles. The fraction of sp³-hybridized carbons (Fsp3) is 0.389. The van der Waals surface area contributed by atoms with Crippen LogP contribution in [0.25, 0.3) is 5.65 Å². The average molecular weight is 392 g/mol. The highest BCUT2D eigenvalue weighted by Crippen LogP contribution is 2.27. The summed E-state index contributed by atoms with van der Waals surface area (Å²) < 4.78 is 45.4. The van der Waals surface area contributed by atoms with Crippen molar-refractivity contribution in [1.82, 2.24) is 24.7 Å². The molecule has 3 aromatic rings. The SMILES string of the molecule is FC(F)(F)c1nnc2ccc(NC[C@H]3CN(Cc4ccccc4)CCO3)nn12. The normalized spacial score (nSPS) is 18.5. The van der Waals surface area contributed by atoms with Crippen LogP contribution >= 0.6 is 0 Å². The molecular formula is C18H19F3N6O. The van der Waals surface area contributed by atoms with Gasteiger partial charge < -0.3 is 10.1 Å². The molecule has 28 heavy (non-hydrogen) atoms. The van der Waals surface area contributed by atoms with Crippen LogP contribution in [0.3, 0.4) is 0 Å². The molecule has 0 amide bonds. The number of rotatable bonds is 5. The van der Waals surface area contributed by atoms with Crippen molar-refractivity contribution in [1.29, 1.82) is 0 Å². The summed E-state index contributed by atoms with van der Waals surface area (Å²) in [6.45, 7) is 3.44. The predicted octanol–water partition coefficient (Wildman–Crippen LogP) is 2.46. The highest BCUT2D eigenvalue weighted by Gasteiger charge is 2.37. The Balaban J connectivity index is 1.38. The first kappa shape index (κ1) is 18.6. The quantitative estimate of drug-likeness (QED) is 0.720. The zero-order valence-corrected chi connectivity index (χ0v) is 14.9. The summed E-state index contributed by atoms with van der Waals surface area (Å²) in [5, 5.41) is 13.7. The van der Waals surface area contributed by atoms with Crippen molar-refractivity contribution >= 4 is 11.5 Å². The molecule has 3 heterocycles. The van der Waals surface area contributed by atoms with Crippen molar-refractivity contribution in [3.63, 3.8) is 0 Å². The molecule has 1 fully saturated rings. The molecule has 0 aliphatic carbocycles. The van der Waals surface area contributed by atoms with Crippen molar-refractivity contribution in [2.45, 2.75) is 18.8 Å². The van der Waals surface area contributed by atoms with Crippen molar-refractivity contribution < 1.29 is 17.9 Å². The molecule has 0 unspecified atom stereocenters. The number of ether oxygens (including phenoxy) is 1. The standard InChI is InChI=1S/C18H19F3N6O/c19-18(20,21)17-24-23-16-7-6-15(25-27(16)17)22-10-14-12-26(8-9-28-14)11-13-4-2-1-3-5-13/h1-7,14H,8-12H2,(H,22,25)/t14-/m0/s1. The van der Waals surface area contributed by atoms with E-state index < -0.39 is 12.0 Å². The van der Waals surface area contributed by atoms with Gasteiger partial charge in [0.2, 0.25) is 0 Å². The van der Waals surface area contributed by atoms with Crippen LogP contribution in [0.4, 0.5) is 19.0 Å². The van der Waals surface area contributed by atoms with Gasteiger partial charge in [-0.15, -0.1) is 15.3 Å². The first-order chi connectivity index (χ1) is 13.5. The topological polar surface area (TPSA) is 67.6 Å². The molecule has 1 N–H and O–H groups in total. The van der Waals surface area contributed by atoms with Gasteiger partial charge in [0.15, 0.2) is 5.65 Å². The summed E-state index contributed by atoms with van der Waals surface area (Å²) in [5.74, 6) is -0.837. The third-order valence-electron chi connectivity index (χ3n) is 4.50. The minimum Gasteiger partial charge on any atom is -0.374 e. The van der Waals surface area contributed by atoms with Crippen LogP contribution in [0, 0.1) is 0 Å². The summed E-state index contributed by atoms with van der Waals surface area (Å²) in [7, 11) is 0. The number of halogens is 3. The molecule has 0 saturated carbocycles. The number of nitrogens with zero attached hydrogens (tertiary/aromatic N) is 5. The van der Waals surface area contributed by atoms with E-state index in [0.29, 0.717) is 23.5 Å². The fourth-order valence-electron chi connectivity index (χ4n) is 3.17. The summed E-state index contributed by atoms with van der Waals surface area (Å²) in [4.78, 5) is 2.29. The molecule has 0 bridgehead atoms. The Kier molecular flexibility index (Phi) is 5.14. The lowest BCUT2D eigenvalue weighted by atomic mass is 10.2. The van der Waals surface area contributed by atoms with Crippen molar-refractivity contribution in [3.05, 3.63) is 53.9 Å². The molecule has 7 nitrogen and oxygen atoms in total. The van der Waals surface area contributed by atoms with E-state index in [9.17, 15) is 13.2 Å². The van der Waals surface area contributed by atoms with Gasteiger partial charge in [-0.1, -0.05) is 30.3 Å².